The molecule has 18 heavy (non-hydrogen) atoms. The van der Waals surface area contributed by atoms with E-state index in [2.05, 4.69) is 11.1 Å². The standard InChI is InChI=1S/C14H19ClN2O/c15-8-2-1-7-14(18)17-10-4-6-13(17)12-5-3-9-16-11-12/h3,5,9,11,13H,1-2,4,6-8,10H2. The highest BCUT2D eigenvalue weighted by molar-refractivity contribution is 6.17. The Bertz CT molecular complexity index is 383. The van der Waals surface area contributed by atoms with Crippen molar-refractivity contribution in [2.75, 3.05) is 12.4 Å². The maximum absolute atomic E-state index is 12.2. The lowest BCUT2D eigenvalue weighted by molar-refractivity contribution is -0.132. The molecule has 0 saturated carbocycles. The molecule has 1 amide bonds. The Morgan fingerprint density at radius 1 is 1.50 bits per heavy atom. The van der Waals surface area contributed by atoms with Crippen LogP contribution in [0.25, 0.3) is 0 Å². The van der Waals surface area contributed by atoms with Gasteiger partial charge in [0.2, 0.25) is 5.91 Å². The van der Waals surface area contributed by atoms with Crippen LogP contribution in [0.3, 0.4) is 0 Å². The number of amides is 1. The minimum absolute atomic E-state index is 0.224. The minimum atomic E-state index is 0.224. The zero-order valence-corrected chi connectivity index (χ0v) is 11.3. The summed E-state index contributed by atoms with van der Waals surface area (Å²) in [5, 5.41) is 0. The van der Waals surface area contributed by atoms with Gasteiger partial charge in [-0.05, 0) is 37.3 Å². The van der Waals surface area contributed by atoms with E-state index in [1.54, 1.807) is 6.20 Å². The number of hydrogen-bond acceptors (Lipinski definition) is 2. The first-order chi connectivity index (χ1) is 8.83. The summed E-state index contributed by atoms with van der Waals surface area (Å²) in [4.78, 5) is 18.3. The second-order valence-corrected chi connectivity index (χ2v) is 5.06. The minimum Gasteiger partial charge on any atom is -0.336 e. The van der Waals surface area contributed by atoms with Crippen LogP contribution in [0.2, 0.25) is 0 Å². The van der Waals surface area contributed by atoms with Gasteiger partial charge in [-0.25, -0.2) is 0 Å². The summed E-state index contributed by atoms with van der Waals surface area (Å²) in [6, 6.07) is 4.22. The van der Waals surface area contributed by atoms with Gasteiger partial charge in [0.25, 0.3) is 0 Å². The fourth-order valence-corrected chi connectivity index (χ4v) is 2.69. The zero-order chi connectivity index (χ0) is 12.8. The maximum Gasteiger partial charge on any atom is 0.223 e. The molecule has 1 saturated heterocycles. The van der Waals surface area contributed by atoms with Crippen molar-refractivity contribution >= 4 is 17.5 Å². The molecule has 98 valence electrons. The average Bonchev–Trinajstić information content (AvgIpc) is 2.89. The van der Waals surface area contributed by atoms with Gasteiger partial charge in [0.15, 0.2) is 0 Å². The lowest BCUT2D eigenvalue weighted by atomic mass is 10.1. The fourth-order valence-electron chi connectivity index (χ4n) is 2.50. The highest BCUT2D eigenvalue weighted by atomic mass is 35.5. The van der Waals surface area contributed by atoms with Crippen molar-refractivity contribution in [1.82, 2.24) is 9.88 Å². The summed E-state index contributed by atoms with van der Waals surface area (Å²) in [7, 11) is 0. The summed E-state index contributed by atoms with van der Waals surface area (Å²) in [6.07, 6.45) is 8.19. The fraction of sp³-hybridized carbons (Fsp3) is 0.571. The van der Waals surface area contributed by atoms with E-state index in [0.717, 1.165) is 37.8 Å². The highest BCUT2D eigenvalue weighted by Crippen LogP contribution is 2.31. The first-order valence-corrected chi connectivity index (χ1v) is 7.11. The van der Waals surface area contributed by atoms with Crippen LogP contribution in [0.15, 0.2) is 24.5 Å². The molecule has 2 rings (SSSR count). The van der Waals surface area contributed by atoms with Gasteiger partial charge in [0, 0.05) is 31.2 Å². The number of rotatable bonds is 5. The molecule has 3 nitrogen and oxygen atoms in total. The number of carbonyl (C=O) groups excluding carboxylic acids is 1. The molecule has 0 aromatic carbocycles. The number of pyridine rings is 1. The van der Waals surface area contributed by atoms with Crippen molar-refractivity contribution < 1.29 is 4.79 Å². The van der Waals surface area contributed by atoms with E-state index < -0.39 is 0 Å². The van der Waals surface area contributed by atoms with Gasteiger partial charge in [-0.1, -0.05) is 6.07 Å². The molecule has 1 aromatic heterocycles. The third-order valence-electron chi connectivity index (χ3n) is 3.42. The van der Waals surface area contributed by atoms with Gasteiger partial charge in [-0.2, -0.15) is 0 Å². The Morgan fingerprint density at radius 3 is 3.11 bits per heavy atom. The molecular weight excluding hydrogens is 248 g/mol. The van der Waals surface area contributed by atoms with Gasteiger partial charge in [-0.3, -0.25) is 9.78 Å². The number of nitrogens with zero attached hydrogens (tertiary/aromatic N) is 2. The topological polar surface area (TPSA) is 33.2 Å². The van der Waals surface area contributed by atoms with Crippen molar-refractivity contribution in [3.05, 3.63) is 30.1 Å². The van der Waals surface area contributed by atoms with Gasteiger partial charge in [-0.15, -0.1) is 11.6 Å². The molecule has 1 atom stereocenters. The second kappa shape index (κ2) is 6.74. The molecule has 0 N–H and O–H groups in total. The number of unbranched alkanes of at least 4 members (excludes halogenated alkanes) is 1. The molecule has 0 radical (unpaired) electrons. The van der Waals surface area contributed by atoms with E-state index in [1.165, 1.54) is 0 Å². The summed E-state index contributed by atoms with van der Waals surface area (Å²) in [6.45, 7) is 0.874. The number of aromatic nitrogens is 1. The van der Waals surface area contributed by atoms with Gasteiger partial charge in [0.1, 0.15) is 0 Å². The van der Waals surface area contributed by atoms with E-state index in [0.29, 0.717) is 12.3 Å². The Labute approximate surface area is 113 Å². The third kappa shape index (κ3) is 3.22. The smallest absolute Gasteiger partial charge is 0.223 e. The highest BCUT2D eigenvalue weighted by Gasteiger charge is 2.29. The van der Waals surface area contributed by atoms with E-state index in [-0.39, 0.29) is 11.9 Å². The quantitative estimate of drug-likeness (QED) is 0.606. The summed E-state index contributed by atoms with van der Waals surface area (Å²) in [5.74, 6) is 0.894. The molecule has 1 fully saturated rings. The van der Waals surface area contributed by atoms with Crippen LogP contribution < -0.4 is 0 Å². The summed E-state index contributed by atoms with van der Waals surface area (Å²) >= 11 is 5.64. The lowest BCUT2D eigenvalue weighted by Gasteiger charge is -2.24. The molecule has 1 unspecified atom stereocenters. The van der Waals surface area contributed by atoms with Crippen LogP contribution in [0.1, 0.15) is 43.7 Å². The van der Waals surface area contributed by atoms with Crippen molar-refractivity contribution in [3.63, 3.8) is 0 Å². The van der Waals surface area contributed by atoms with Crippen LogP contribution in [0.5, 0.6) is 0 Å². The maximum atomic E-state index is 12.2. The monoisotopic (exact) mass is 266 g/mol. The lowest BCUT2D eigenvalue weighted by Crippen LogP contribution is -2.30. The first-order valence-electron chi connectivity index (χ1n) is 6.58. The van der Waals surface area contributed by atoms with Crippen molar-refractivity contribution in [1.29, 1.82) is 0 Å². The van der Waals surface area contributed by atoms with Crippen LogP contribution in [0, 0.1) is 0 Å². The Kier molecular flexibility index (Phi) is 5.00. The third-order valence-corrected chi connectivity index (χ3v) is 3.68. The van der Waals surface area contributed by atoms with E-state index >= 15 is 0 Å². The SMILES string of the molecule is O=C(CCCCCl)N1CCCC1c1cccnc1. The summed E-state index contributed by atoms with van der Waals surface area (Å²) < 4.78 is 0. The van der Waals surface area contributed by atoms with Crippen molar-refractivity contribution in [2.24, 2.45) is 0 Å². The number of likely N-dealkylation sites (tertiary alicyclic amines) is 1. The Hall–Kier alpha value is -1.09. The van der Waals surface area contributed by atoms with Crippen LogP contribution in [0.4, 0.5) is 0 Å². The van der Waals surface area contributed by atoms with Crippen molar-refractivity contribution in [3.8, 4) is 0 Å². The predicted molar refractivity (Wildman–Crippen MR) is 72.5 cm³/mol. The first kappa shape index (κ1) is 13.3. The van der Waals surface area contributed by atoms with Crippen LogP contribution in [-0.2, 0) is 4.79 Å². The van der Waals surface area contributed by atoms with Gasteiger partial charge in [0.05, 0.1) is 6.04 Å². The molecule has 2 heterocycles. The van der Waals surface area contributed by atoms with Gasteiger partial charge >= 0.3 is 0 Å². The van der Waals surface area contributed by atoms with Gasteiger partial charge < -0.3 is 4.90 Å². The van der Waals surface area contributed by atoms with E-state index in [4.69, 9.17) is 11.6 Å². The van der Waals surface area contributed by atoms with Crippen LogP contribution >= 0.6 is 11.6 Å². The average molecular weight is 267 g/mol. The number of hydrogen-bond donors (Lipinski definition) is 0. The second-order valence-electron chi connectivity index (χ2n) is 4.68. The molecule has 1 aromatic rings. The molecule has 1 aliphatic rings. The predicted octanol–water partition coefficient (Wildman–Crippen LogP) is 3.15. The molecular formula is C14H19ClN2O. The number of halogens is 1. The molecule has 0 aliphatic carbocycles. The van der Waals surface area contributed by atoms with Crippen molar-refractivity contribution in [2.45, 2.75) is 38.1 Å². The zero-order valence-electron chi connectivity index (χ0n) is 10.5. The molecule has 0 bridgehead atoms. The van der Waals surface area contributed by atoms with E-state index in [9.17, 15) is 4.79 Å². The number of carbonyl (C=O) groups is 1. The molecule has 1 aliphatic heterocycles. The molecule has 4 heteroatoms. The largest absolute Gasteiger partial charge is 0.336 e. The Balaban J connectivity index is 1.97. The molecule has 0 spiro atoms. The Morgan fingerprint density at radius 2 is 2.39 bits per heavy atom. The summed E-state index contributed by atoms with van der Waals surface area (Å²) in [5.41, 5.74) is 1.15. The van der Waals surface area contributed by atoms with E-state index in [1.807, 2.05) is 17.2 Å². The van der Waals surface area contributed by atoms with Crippen LogP contribution in [-0.4, -0.2) is 28.2 Å². The number of alkyl halides is 1. The normalized spacial score (nSPS) is 19.2.